The summed E-state index contributed by atoms with van der Waals surface area (Å²) in [6.45, 7) is 3.54. The van der Waals surface area contributed by atoms with Gasteiger partial charge in [0, 0.05) is 31.3 Å². The van der Waals surface area contributed by atoms with Crippen LogP contribution in [0.2, 0.25) is 0 Å². The van der Waals surface area contributed by atoms with Crippen LogP contribution in [0.15, 0.2) is 22.8 Å². The summed E-state index contributed by atoms with van der Waals surface area (Å²) in [6, 6.07) is 3.86. The first-order chi connectivity index (χ1) is 13.4. The number of furan rings is 1. The maximum atomic E-state index is 13.4. The van der Waals surface area contributed by atoms with Gasteiger partial charge in [0.05, 0.1) is 18.3 Å². The minimum Gasteiger partial charge on any atom is -0.463 e. The van der Waals surface area contributed by atoms with Gasteiger partial charge in [-0.25, -0.2) is 0 Å². The Bertz CT molecular complexity index is 877. The second-order valence-corrected chi connectivity index (χ2v) is 8.63. The van der Waals surface area contributed by atoms with Crippen LogP contribution in [0.3, 0.4) is 0 Å². The molecule has 1 N–H and O–H groups in total. The van der Waals surface area contributed by atoms with Crippen molar-refractivity contribution in [3.63, 3.8) is 0 Å². The lowest BCUT2D eigenvalue weighted by molar-refractivity contribution is -0.133. The summed E-state index contributed by atoms with van der Waals surface area (Å²) in [5, 5.41) is 3.25. The molecule has 3 heterocycles. The van der Waals surface area contributed by atoms with Crippen LogP contribution in [0, 0.1) is 0 Å². The van der Waals surface area contributed by atoms with Crippen molar-refractivity contribution in [2.24, 2.45) is 0 Å². The van der Waals surface area contributed by atoms with Gasteiger partial charge in [0.25, 0.3) is 5.91 Å². The first kappa shape index (κ1) is 19.1. The van der Waals surface area contributed by atoms with Crippen molar-refractivity contribution in [1.29, 1.82) is 0 Å². The number of carbonyl (C=O) groups excluding carboxylic acids is 2. The maximum Gasteiger partial charge on any atom is 0.271 e. The summed E-state index contributed by atoms with van der Waals surface area (Å²) < 4.78 is 7.44. The molecule has 1 unspecified atom stereocenters. The molecule has 28 heavy (non-hydrogen) atoms. The highest BCUT2D eigenvalue weighted by Crippen LogP contribution is 2.33. The van der Waals surface area contributed by atoms with E-state index in [0.717, 1.165) is 31.2 Å². The number of rotatable bonds is 5. The number of nitrogens with zero attached hydrogens (tertiary/aromatic N) is 3. The summed E-state index contributed by atoms with van der Waals surface area (Å²) in [4.78, 5) is 30.6. The topological polar surface area (TPSA) is 70.7 Å². The standard InChI is InChI=1S/C21H30N4O3/c1-21(20(27)22-15-7-5-4-6-8-15)14-24-16-9-12-28-18(16)13-17(24)19(26)25(21)11-10-23(2)3/h9,12-13,15H,4-8,10-11,14H2,1-3H3,(H,22,27). The van der Waals surface area contributed by atoms with Crippen molar-refractivity contribution >= 4 is 22.9 Å². The number of aromatic nitrogens is 1. The Kier molecular flexibility index (Phi) is 4.95. The highest BCUT2D eigenvalue weighted by molar-refractivity contribution is 6.02. The largest absolute Gasteiger partial charge is 0.463 e. The Morgan fingerprint density at radius 2 is 2.07 bits per heavy atom. The summed E-state index contributed by atoms with van der Waals surface area (Å²) in [6.07, 6.45) is 7.22. The predicted octanol–water partition coefficient (Wildman–Crippen LogP) is 2.46. The molecule has 2 amide bonds. The van der Waals surface area contributed by atoms with Gasteiger partial charge in [-0.2, -0.15) is 0 Å². The molecule has 2 aliphatic rings. The molecule has 0 aromatic carbocycles. The van der Waals surface area contributed by atoms with E-state index in [1.807, 2.05) is 36.6 Å². The number of hydrogen-bond donors (Lipinski definition) is 1. The SMILES string of the molecule is CN(C)CCN1C(=O)c2cc3occc3n2CC1(C)C(=O)NC1CCCCC1. The molecular formula is C21H30N4O3. The van der Waals surface area contributed by atoms with Gasteiger partial charge in [0.2, 0.25) is 5.91 Å². The number of amides is 2. The zero-order valence-corrected chi connectivity index (χ0v) is 17.0. The van der Waals surface area contributed by atoms with Gasteiger partial charge in [-0.1, -0.05) is 19.3 Å². The molecule has 2 aromatic rings. The van der Waals surface area contributed by atoms with E-state index in [2.05, 4.69) is 5.32 Å². The number of carbonyl (C=O) groups is 2. The Morgan fingerprint density at radius 3 is 2.79 bits per heavy atom. The van der Waals surface area contributed by atoms with Crippen LogP contribution in [0.1, 0.15) is 49.5 Å². The number of fused-ring (bicyclic) bond motifs is 3. The van der Waals surface area contributed by atoms with E-state index >= 15 is 0 Å². The van der Waals surface area contributed by atoms with E-state index in [-0.39, 0.29) is 17.9 Å². The Morgan fingerprint density at radius 1 is 1.32 bits per heavy atom. The van der Waals surface area contributed by atoms with Gasteiger partial charge >= 0.3 is 0 Å². The third kappa shape index (κ3) is 3.21. The molecule has 1 aliphatic heterocycles. The van der Waals surface area contributed by atoms with Crippen molar-refractivity contribution in [2.75, 3.05) is 27.2 Å². The number of nitrogens with one attached hydrogen (secondary N) is 1. The third-order valence-electron chi connectivity index (χ3n) is 6.25. The fraction of sp³-hybridized carbons (Fsp3) is 0.619. The van der Waals surface area contributed by atoms with Gasteiger partial charge in [0.1, 0.15) is 11.2 Å². The van der Waals surface area contributed by atoms with Crippen LogP contribution >= 0.6 is 0 Å². The van der Waals surface area contributed by atoms with Crippen LogP contribution in [0.5, 0.6) is 0 Å². The Balaban J connectivity index is 1.67. The molecule has 0 saturated heterocycles. The fourth-order valence-corrected chi connectivity index (χ4v) is 4.51. The molecule has 0 bridgehead atoms. The maximum absolute atomic E-state index is 13.4. The molecule has 7 heteroatoms. The van der Waals surface area contributed by atoms with Crippen LogP contribution in [0.4, 0.5) is 0 Å². The van der Waals surface area contributed by atoms with Gasteiger partial charge in [0.15, 0.2) is 5.58 Å². The molecule has 2 aromatic heterocycles. The van der Waals surface area contributed by atoms with Crippen molar-refractivity contribution in [1.82, 2.24) is 19.7 Å². The van der Waals surface area contributed by atoms with Crippen LogP contribution in [0.25, 0.3) is 11.1 Å². The second-order valence-electron chi connectivity index (χ2n) is 8.63. The summed E-state index contributed by atoms with van der Waals surface area (Å²) in [5.41, 5.74) is 1.22. The fourth-order valence-electron chi connectivity index (χ4n) is 4.51. The van der Waals surface area contributed by atoms with E-state index in [0.29, 0.717) is 30.9 Å². The number of likely N-dealkylation sites (N-methyl/N-ethyl adjacent to an activating group) is 1. The van der Waals surface area contributed by atoms with Crippen molar-refractivity contribution in [2.45, 2.75) is 57.2 Å². The molecule has 0 radical (unpaired) electrons. The first-order valence-corrected chi connectivity index (χ1v) is 10.2. The average Bonchev–Trinajstić information content (AvgIpc) is 3.24. The highest BCUT2D eigenvalue weighted by atomic mass is 16.3. The van der Waals surface area contributed by atoms with Crippen LogP contribution in [-0.2, 0) is 11.3 Å². The molecule has 1 fully saturated rings. The number of hydrogen-bond acceptors (Lipinski definition) is 4. The minimum atomic E-state index is -0.930. The van der Waals surface area contributed by atoms with Gasteiger partial charge in [-0.3, -0.25) is 9.59 Å². The zero-order valence-electron chi connectivity index (χ0n) is 17.0. The third-order valence-corrected chi connectivity index (χ3v) is 6.25. The first-order valence-electron chi connectivity index (χ1n) is 10.2. The van der Waals surface area contributed by atoms with Crippen molar-refractivity contribution in [3.05, 3.63) is 24.1 Å². The monoisotopic (exact) mass is 386 g/mol. The molecule has 152 valence electrons. The molecule has 0 spiro atoms. The van der Waals surface area contributed by atoms with Gasteiger partial charge in [-0.15, -0.1) is 0 Å². The van der Waals surface area contributed by atoms with Gasteiger partial charge in [-0.05, 0) is 33.9 Å². The lowest BCUT2D eigenvalue weighted by atomic mass is 9.91. The second kappa shape index (κ2) is 7.28. The van der Waals surface area contributed by atoms with Crippen LogP contribution in [-0.4, -0.2) is 64.9 Å². The smallest absolute Gasteiger partial charge is 0.271 e. The summed E-state index contributed by atoms with van der Waals surface area (Å²) in [7, 11) is 3.95. The normalized spacial score (nSPS) is 23.4. The Labute approximate surface area is 165 Å². The van der Waals surface area contributed by atoms with E-state index in [1.54, 1.807) is 17.2 Å². The highest BCUT2D eigenvalue weighted by Gasteiger charge is 2.48. The van der Waals surface area contributed by atoms with Gasteiger partial charge < -0.3 is 24.1 Å². The predicted molar refractivity (Wildman–Crippen MR) is 107 cm³/mol. The van der Waals surface area contributed by atoms with E-state index in [9.17, 15) is 9.59 Å². The van der Waals surface area contributed by atoms with E-state index in [1.165, 1.54) is 6.42 Å². The molecular weight excluding hydrogens is 356 g/mol. The molecule has 4 rings (SSSR count). The quantitative estimate of drug-likeness (QED) is 0.857. The Hall–Kier alpha value is -2.28. The minimum absolute atomic E-state index is 0.0532. The lowest BCUT2D eigenvalue weighted by Crippen LogP contribution is -2.65. The molecule has 7 nitrogen and oxygen atoms in total. The molecule has 1 aliphatic carbocycles. The van der Waals surface area contributed by atoms with E-state index < -0.39 is 5.54 Å². The summed E-state index contributed by atoms with van der Waals surface area (Å²) in [5.74, 6) is -0.164. The lowest BCUT2D eigenvalue weighted by Gasteiger charge is -2.45. The van der Waals surface area contributed by atoms with Crippen LogP contribution < -0.4 is 5.32 Å². The molecule has 1 saturated carbocycles. The average molecular weight is 386 g/mol. The summed E-state index contributed by atoms with van der Waals surface area (Å²) >= 11 is 0. The molecule has 1 atom stereocenters. The van der Waals surface area contributed by atoms with Crippen molar-refractivity contribution < 1.29 is 14.0 Å². The zero-order chi connectivity index (χ0) is 19.9. The van der Waals surface area contributed by atoms with E-state index in [4.69, 9.17) is 4.42 Å². The van der Waals surface area contributed by atoms with Crippen molar-refractivity contribution in [3.8, 4) is 0 Å².